The van der Waals surface area contributed by atoms with E-state index in [1.807, 2.05) is 6.92 Å². The van der Waals surface area contributed by atoms with Crippen molar-refractivity contribution in [2.24, 2.45) is 0 Å². The van der Waals surface area contributed by atoms with E-state index in [1.165, 1.54) is 11.3 Å². The molecule has 0 amide bonds. The van der Waals surface area contributed by atoms with Gasteiger partial charge in [0.2, 0.25) is 0 Å². The lowest BCUT2D eigenvalue weighted by Crippen LogP contribution is -2.08. The van der Waals surface area contributed by atoms with Crippen LogP contribution >= 0.6 is 0 Å². The molecule has 1 atom stereocenters. The molecule has 3 heteroatoms. The van der Waals surface area contributed by atoms with E-state index < -0.39 is 0 Å². The molecule has 0 radical (unpaired) electrons. The molecular weight excluding hydrogens is 200 g/mol. The van der Waals surface area contributed by atoms with Gasteiger partial charge in [-0.25, -0.2) is 0 Å². The van der Waals surface area contributed by atoms with Gasteiger partial charge in [0.25, 0.3) is 0 Å². The predicted molar refractivity (Wildman–Crippen MR) is 66.6 cm³/mol. The van der Waals surface area contributed by atoms with Crippen molar-refractivity contribution in [3.05, 3.63) is 17.0 Å². The molecule has 0 spiro atoms. The van der Waals surface area contributed by atoms with E-state index in [2.05, 4.69) is 30.6 Å². The number of aryl methyl sites for hydroxylation is 2. The molecule has 16 heavy (non-hydrogen) atoms. The first kappa shape index (κ1) is 13.2. The molecule has 3 nitrogen and oxygen atoms in total. The quantitative estimate of drug-likeness (QED) is 0.806. The first-order chi connectivity index (χ1) is 7.60. The zero-order valence-corrected chi connectivity index (χ0v) is 11.0. The van der Waals surface area contributed by atoms with Crippen LogP contribution in [0.25, 0.3) is 0 Å². The van der Waals surface area contributed by atoms with Crippen LogP contribution in [0, 0.1) is 13.8 Å². The van der Waals surface area contributed by atoms with Gasteiger partial charge >= 0.3 is 0 Å². The van der Waals surface area contributed by atoms with Crippen LogP contribution in [0.5, 0.6) is 0 Å². The third-order valence-corrected chi connectivity index (χ3v) is 3.26. The zero-order chi connectivity index (χ0) is 12.1. The smallest absolute Gasteiger partial charge is 0.0628 e. The summed E-state index contributed by atoms with van der Waals surface area (Å²) < 4.78 is 2.08. The number of aliphatic hydroxyl groups excluding tert-OH is 1. The third kappa shape index (κ3) is 3.08. The summed E-state index contributed by atoms with van der Waals surface area (Å²) in [5.41, 5.74) is 3.80. The van der Waals surface area contributed by atoms with Gasteiger partial charge in [-0.1, -0.05) is 13.8 Å². The van der Waals surface area contributed by atoms with Crippen molar-refractivity contribution in [1.29, 1.82) is 0 Å². The second-order valence-corrected chi connectivity index (χ2v) is 4.43. The molecule has 0 aliphatic heterocycles. The summed E-state index contributed by atoms with van der Waals surface area (Å²) in [5, 5.41) is 14.0. The highest BCUT2D eigenvalue weighted by atomic mass is 16.3. The lowest BCUT2D eigenvalue weighted by Gasteiger charge is -2.08. The molecule has 1 aromatic rings. The highest BCUT2D eigenvalue weighted by Gasteiger charge is 2.09. The number of hydrogen-bond acceptors (Lipinski definition) is 2. The standard InChI is InChI=1S/C13H24N2O/c1-5-12(16)8-7-9-15-11(4)13(6-2)10(3)14-15/h12,16H,5-9H2,1-4H3. The molecule has 92 valence electrons. The molecule has 0 aromatic carbocycles. The number of nitrogens with zero attached hydrogens (tertiary/aromatic N) is 2. The minimum atomic E-state index is -0.150. The summed E-state index contributed by atoms with van der Waals surface area (Å²) in [5.74, 6) is 0. The Morgan fingerprint density at radius 1 is 1.31 bits per heavy atom. The van der Waals surface area contributed by atoms with Gasteiger partial charge in [0.15, 0.2) is 0 Å². The summed E-state index contributed by atoms with van der Waals surface area (Å²) in [6.45, 7) is 9.31. The van der Waals surface area contributed by atoms with E-state index in [1.54, 1.807) is 0 Å². The van der Waals surface area contributed by atoms with E-state index in [9.17, 15) is 5.11 Å². The molecule has 1 N–H and O–H groups in total. The largest absolute Gasteiger partial charge is 0.393 e. The van der Waals surface area contributed by atoms with Crippen LogP contribution < -0.4 is 0 Å². The van der Waals surface area contributed by atoms with Crippen molar-refractivity contribution >= 4 is 0 Å². The van der Waals surface area contributed by atoms with Crippen LogP contribution in [0.1, 0.15) is 50.1 Å². The van der Waals surface area contributed by atoms with E-state index in [4.69, 9.17) is 0 Å². The van der Waals surface area contributed by atoms with Gasteiger partial charge < -0.3 is 5.11 Å². The Balaban J connectivity index is 2.54. The van der Waals surface area contributed by atoms with Gasteiger partial charge in [-0.05, 0) is 45.1 Å². The Bertz CT molecular complexity index is 331. The second kappa shape index (κ2) is 6.04. The fourth-order valence-corrected chi connectivity index (χ4v) is 2.14. The van der Waals surface area contributed by atoms with Crippen LogP contribution in [0.4, 0.5) is 0 Å². The molecule has 1 heterocycles. The lowest BCUT2D eigenvalue weighted by atomic mass is 10.1. The average molecular weight is 224 g/mol. The molecule has 1 aromatic heterocycles. The zero-order valence-electron chi connectivity index (χ0n) is 11.0. The monoisotopic (exact) mass is 224 g/mol. The van der Waals surface area contributed by atoms with Crippen LogP contribution in [0.15, 0.2) is 0 Å². The predicted octanol–water partition coefficient (Wildman–Crippen LogP) is 2.61. The minimum absolute atomic E-state index is 0.150. The Kier molecular flexibility index (Phi) is 5.00. The maximum atomic E-state index is 9.48. The van der Waals surface area contributed by atoms with Gasteiger partial charge in [-0.3, -0.25) is 4.68 Å². The summed E-state index contributed by atoms with van der Waals surface area (Å²) >= 11 is 0. The van der Waals surface area contributed by atoms with Crippen LogP contribution in [-0.2, 0) is 13.0 Å². The molecular formula is C13H24N2O. The first-order valence-corrected chi connectivity index (χ1v) is 6.31. The maximum absolute atomic E-state index is 9.48. The normalized spacial score (nSPS) is 13.1. The SMILES string of the molecule is CCc1c(C)nn(CCCC(O)CC)c1C. The molecule has 0 saturated heterocycles. The Morgan fingerprint density at radius 3 is 2.50 bits per heavy atom. The molecule has 0 aliphatic rings. The Hall–Kier alpha value is -0.830. The molecule has 1 rings (SSSR count). The third-order valence-electron chi connectivity index (χ3n) is 3.26. The molecule has 0 aliphatic carbocycles. The van der Waals surface area contributed by atoms with Crippen molar-refractivity contribution in [1.82, 2.24) is 9.78 Å². The van der Waals surface area contributed by atoms with Gasteiger partial charge in [-0.15, -0.1) is 0 Å². The van der Waals surface area contributed by atoms with Crippen molar-refractivity contribution in [3.63, 3.8) is 0 Å². The maximum Gasteiger partial charge on any atom is 0.0628 e. The molecule has 0 saturated carbocycles. The van der Waals surface area contributed by atoms with Gasteiger partial charge in [0.1, 0.15) is 0 Å². The number of rotatable bonds is 6. The van der Waals surface area contributed by atoms with Crippen molar-refractivity contribution in [2.45, 2.75) is 66.0 Å². The van der Waals surface area contributed by atoms with Crippen LogP contribution in [0.3, 0.4) is 0 Å². The first-order valence-electron chi connectivity index (χ1n) is 6.31. The average Bonchev–Trinajstić information content (AvgIpc) is 2.53. The summed E-state index contributed by atoms with van der Waals surface area (Å²) in [4.78, 5) is 0. The fraction of sp³-hybridized carbons (Fsp3) is 0.769. The highest BCUT2D eigenvalue weighted by molar-refractivity contribution is 5.24. The van der Waals surface area contributed by atoms with Gasteiger partial charge in [0.05, 0.1) is 11.8 Å². The van der Waals surface area contributed by atoms with Crippen LogP contribution in [-0.4, -0.2) is 21.0 Å². The van der Waals surface area contributed by atoms with Crippen molar-refractivity contribution < 1.29 is 5.11 Å². The van der Waals surface area contributed by atoms with E-state index in [0.29, 0.717) is 0 Å². The topological polar surface area (TPSA) is 38.0 Å². The van der Waals surface area contributed by atoms with Crippen molar-refractivity contribution in [3.8, 4) is 0 Å². The number of aliphatic hydroxyl groups is 1. The molecule has 0 fully saturated rings. The number of aromatic nitrogens is 2. The molecule has 1 unspecified atom stereocenters. The second-order valence-electron chi connectivity index (χ2n) is 4.43. The van der Waals surface area contributed by atoms with Crippen molar-refractivity contribution in [2.75, 3.05) is 0 Å². The summed E-state index contributed by atoms with van der Waals surface area (Å²) in [7, 11) is 0. The van der Waals surface area contributed by atoms with E-state index in [-0.39, 0.29) is 6.10 Å². The summed E-state index contributed by atoms with van der Waals surface area (Å²) in [6.07, 6.45) is 3.62. The van der Waals surface area contributed by atoms with E-state index >= 15 is 0 Å². The Morgan fingerprint density at radius 2 is 2.00 bits per heavy atom. The Labute approximate surface area is 98.5 Å². The summed E-state index contributed by atoms with van der Waals surface area (Å²) in [6, 6.07) is 0. The van der Waals surface area contributed by atoms with Crippen LogP contribution in [0.2, 0.25) is 0 Å². The van der Waals surface area contributed by atoms with Gasteiger partial charge in [0, 0.05) is 12.2 Å². The fourth-order valence-electron chi connectivity index (χ4n) is 2.14. The molecule has 0 bridgehead atoms. The van der Waals surface area contributed by atoms with E-state index in [0.717, 1.165) is 37.9 Å². The lowest BCUT2D eigenvalue weighted by molar-refractivity contribution is 0.155. The number of hydrogen-bond donors (Lipinski definition) is 1. The highest BCUT2D eigenvalue weighted by Crippen LogP contribution is 2.14. The van der Waals surface area contributed by atoms with Gasteiger partial charge in [-0.2, -0.15) is 5.10 Å². The minimum Gasteiger partial charge on any atom is -0.393 e.